The Hall–Kier alpha value is -0.730. The van der Waals surface area contributed by atoms with Crippen molar-refractivity contribution in [2.45, 2.75) is 51.4 Å². The van der Waals surface area contributed by atoms with Crippen molar-refractivity contribution in [3.8, 4) is 0 Å². The van der Waals surface area contributed by atoms with Crippen molar-refractivity contribution in [2.24, 2.45) is 5.73 Å². The van der Waals surface area contributed by atoms with Crippen molar-refractivity contribution >= 4 is 33.1 Å². The van der Waals surface area contributed by atoms with E-state index in [0.717, 1.165) is 0 Å². The maximum absolute atomic E-state index is 11.8. The number of carbonyl (C=O) groups is 1. The average Bonchev–Trinajstić information content (AvgIpc) is 2.12. The second-order valence-corrected chi connectivity index (χ2v) is 7.67. The van der Waals surface area contributed by atoms with E-state index in [1.807, 2.05) is 20.8 Å². The van der Waals surface area contributed by atoms with Crippen molar-refractivity contribution < 1.29 is 13.2 Å². The van der Waals surface area contributed by atoms with Gasteiger partial charge in [0, 0.05) is 5.54 Å². The second kappa shape index (κ2) is 5.94. The van der Waals surface area contributed by atoms with E-state index < -0.39 is 32.8 Å². The minimum atomic E-state index is -3.74. The summed E-state index contributed by atoms with van der Waals surface area (Å²) in [4.78, 5) is 11.6. The highest BCUT2D eigenvalue weighted by Gasteiger charge is 2.28. The fourth-order valence-corrected chi connectivity index (χ4v) is 2.52. The topological polar surface area (TPSA) is 101 Å². The molecular formula is C10H21N3O3S2. The van der Waals surface area contributed by atoms with Crippen molar-refractivity contribution in [3.63, 3.8) is 0 Å². The van der Waals surface area contributed by atoms with Gasteiger partial charge in [-0.25, -0.2) is 13.1 Å². The van der Waals surface area contributed by atoms with Crippen LogP contribution in [0.3, 0.4) is 0 Å². The molecular weight excluding hydrogens is 274 g/mol. The molecule has 0 saturated heterocycles. The van der Waals surface area contributed by atoms with Gasteiger partial charge in [-0.2, -0.15) is 0 Å². The summed E-state index contributed by atoms with van der Waals surface area (Å²) in [5.74, 6) is -0.402. The van der Waals surface area contributed by atoms with Crippen LogP contribution in [0.2, 0.25) is 0 Å². The molecule has 0 spiro atoms. The van der Waals surface area contributed by atoms with E-state index in [2.05, 4.69) is 22.3 Å². The third kappa shape index (κ3) is 5.74. The monoisotopic (exact) mass is 295 g/mol. The Bertz CT molecular complexity index is 426. The first-order valence-electron chi connectivity index (χ1n) is 5.49. The quantitative estimate of drug-likeness (QED) is 0.614. The highest BCUT2D eigenvalue weighted by atomic mass is 32.2. The zero-order valence-corrected chi connectivity index (χ0v) is 12.9. The van der Waals surface area contributed by atoms with Crippen LogP contribution in [0.25, 0.3) is 0 Å². The third-order valence-corrected chi connectivity index (χ3v) is 4.47. The zero-order valence-electron chi connectivity index (χ0n) is 11.3. The molecule has 0 aromatic rings. The van der Waals surface area contributed by atoms with E-state index in [1.54, 1.807) is 0 Å². The predicted molar refractivity (Wildman–Crippen MR) is 75.7 cm³/mol. The Labute approximate surface area is 114 Å². The Morgan fingerprint density at radius 3 is 2.06 bits per heavy atom. The number of rotatable bonds is 5. The van der Waals surface area contributed by atoms with Gasteiger partial charge in [0.1, 0.15) is 5.25 Å². The van der Waals surface area contributed by atoms with Crippen LogP contribution >= 0.6 is 12.2 Å². The van der Waals surface area contributed by atoms with Gasteiger partial charge in [0.2, 0.25) is 15.9 Å². The molecule has 0 radical (unpaired) electrons. The SMILES string of the molecule is CC(NS(=O)(=O)C(C)C(N)=S)C(=O)NC(C)(C)C. The molecule has 0 aliphatic carbocycles. The molecule has 0 aromatic carbocycles. The smallest absolute Gasteiger partial charge is 0.238 e. The minimum absolute atomic E-state index is 0.133. The summed E-state index contributed by atoms with van der Waals surface area (Å²) in [6, 6.07) is -0.883. The number of nitrogens with one attached hydrogen (secondary N) is 2. The van der Waals surface area contributed by atoms with Crippen LogP contribution < -0.4 is 15.8 Å². The lowest BCUT2D eigenvalue weighted by molar-refractivity contribution is -0.123. The van der Waals surface area contributed by atoms with Crippen LogP contribution in [0.1, 0.15) is 34.6 Å². The van der Waals surface area contributed by atoms with Crippen LogP contribution in [0.5, 0.6) is 0 Å². The lowest BCUT2D eigenvalue weighted by Crippen LogP contribution is -2.53. The number of thiocarbonyl (C=S) groups is 1. The highest BCUT2D eigenvalue weighted by molar-refractivity contribution is 7.93. The molecule has 8 heteroatoms. The normalized spacial score (nSPS) is 15.8. The molecule has 2 unspecified atom stereocenters. The van der Waals surface area contributed by atoms with Crippen molar-refractivity contribution in [1.29, 1.82) is 0 Å². The Morgan fingerprint density at radius 1 is 1.28 bits per heavy atom. The lowest BCUT2D eigenvalue weighted by Gasteiger charge is -2.24. The molecule has 0 aliphatic heterocycles. The van der Waals surface area contributed by atoms with E-state index in [4.69, 9.17) is 5.73 Å². The molecule has 4 N–H and O–H groups in total. The fourth-order valence-electron chi connectivity index (χ4n) is 1.03. The number of nitrogens with two attached hydrogens (primary N) is 1. The van der Waals surface area contributed by atoms with Gasteiger partial charge in [-0.05, 0) is 34.6 Å². The fraction of sp³-hybridized carbons (Fsp3) is 0.800. The van der Waals surface area contributed by atoms with Gasteiger partial charge >= 0.3 is 0 Å². The molecule has 106 valence electrons. The predicted octanol–water partition coefficient (Wildman–Crippen LogP) is -0.116. The average molecular weight is 295 g/mol. The summed E-state index contributed by atoms with van der Waals surface area (Å²) in [5.41, 5.74) is 4.86. The maximum Gasteiger partial charge on any atom is 0.238 e. The van der Waals surface area contributed by atoms with Gasteiger partial charge in [0.25, 0.3) is 0 Å². The molecule has 0 saturated carbocycles. The molecule has 18 heavy (non-hydrogen) atoms. The first kappa shape index (κ1) is 17.3. The van der Waals surface area contributed by atoms with Crippen molar-refractivity contribution in [2.75, 3.05) is 0 Å². The van der Waals surface area contributed by atoms with Crippen LogP contribution in [0.4, 0.5) is 0 Å². The first-order valence-corrected chi connectivity index (χ1v) is 7.45. The van der Waals surface area contributed by atoms with Gasteiger partial charge in [0.15, 0.2) is 0 Å². The molecule has 0 aromatic heterocycles. The number of amides is 1. The number of sulfonamides is 1. The summed E-state index contributed by atoms with van der Waals surface area (Å²) in [7, 11) is -3.74. The lowest BCUT2D eigenvalue weighted by atomic mass is 10.1. The van der Waals surface area contributed by atoms with Crippen molar-refractivity contribution in [3.05, 3.63) is 0 Å². The molecule has 0 fully saturated rings. The van der Waals surface area contributed by atoms with Gasteiger partial charge < -0.3 is 11.1 Å². The molecule has 1 amide bonds. The van der Waals surface area contributed by atoms with E-state index in [1.165, 1.54) is 13.8 Å². The zero-order chi connectivity index (χ0) is 14.7. The van der Waals surface area contributed by atoms with Crippen LogP contribution in [-0.4, -0.2) is 36.1 Å². The first-order chi connectivity index (χ1) is 7.87. The van der Waals surface area contributed by atoms with Crippen LogP contribution in [0, 0.1) is 0 Å². The third-order valence-electron chi connectivity index (χ3n) is 2.10. The van der Waals surface area contributed by atoms with Crippen LogP contribution in [-0.2, 0) is 14.8 Å². The molecule has 6 nitrogen and oxygen atoms in total. The van der Waals surface area contributed by atoms with Crippen LogP contribution in [0.15, 0.2) is 0 Å². The van der Waals surface area contributed by atoms with Gasteiger partial charge in [-0.15, -0.1) is 0 Å². The van der Waals surface area contributed by atoms with Gasteiger partial charge in [-0.3, -0.25) is 4.79 Å². The van der Waals surface area contributed by atoms with E-state index >= 15 is 0 Å². The van der Waals surface area contributed by atoms with E-state index in [9.17, 15) is 13.2 Å². The van der Waals surface area contributed by atoms with Gasteiger partial charge in [-0.1, -0.05) is 12.2 Å². The molecule has 0 aliphatic rings. The summed E-state index contributed by atoms with van der Waals surface area (Å²) in [5, 5.41) is 1.66. The molecule has 0 bridgehead atoms. The Balaban J connectivity index is 4.72. The highest BCUT2D eigenvalue weighted by Crippen LogP contribution is 2.03. The summed E-state index contributed by atoms with van der Waals surface area (Å²) >= 11 is 4.63. The molecule has 0 rings (SSSR count). The molecule has 0 heterocycles. The molecule has 2 atom stereocenters. The number of hydrogen-bond acceptors (Lipinski definition) is 4. The minimum Gasteiger partial charge on any atom is -0.392 e. The summed E-state index contributed by atoms with van der Waals surface area (Å²) in [6.45, 7) is 8.27. The standard InChI is InChI=1S/C10H21N3O3S2/c1-6(9(14)12-10(3,4)5)13-18(15,16)7(2)8(11)17/h6-7,13H,1-5H3,(H2,11,17)(H,12,14). The Morgan fingerprint density at radius 2 is 1.72 bits per heavy atom. The summed E-state index contributed by atoms with van der Waals surface area (Å²) in [6.07, 6.45) is 0. The van der Waals surface area contributed by atoms with E-state index in [0.29, 0.717) is 0 Å². The summed E-state index contributed by atoms with van der Waals surface area (Å²) < 4.78 is 25.8. The number of hydrogen-bond donors (Lipinski definition) is 3. The largest absolute Gasteiger partial charge is 0.392 e. The second-order valence-electron chi connectivity index (χ2n) is 5.17. The van der Waals surface area contributed by atoms with E-state index in [-0.39, 0.29) is 4.99 Å². The maximum atomic E-state index is 11.8. The van der Waals surface area contributed by atoms with Crippen molar-refractivity contribution in [1.82, 2.24) is 10.0 Å². The number of carbonyl (C=O) groups excluding carboxylic acids is 1. The van der Waals surface area contributed by atoms with Gasteiger partial charge in [0.05, 0.1) is 11.0 Å². The Kier molecular flexibility index (Phi) is 5.70.